The zero-order valence-electron chi connectivity index (χ0n) is 16.9. The number of benzene rings is 1. The van der Waals surface area contributed by atoms with Gasteiger partial charge in [0.2, 0.25) is 5.76 Å². The number of amides is 1. The molecule has 0 saturated carbocycles. The van der Waals surface area contributed by atoms with E-state index in [2.05, 4.69) is 9.88 Å². The van der Waals surface area contributed by atoms with Crippen molar-refractivity contribution in [3.8, 4) is 0 Å². The predicted molar refractivity (Wildman–Crippen MR) is 111 cm³/mol. The van der Waals surface area contributed by atoms with E-state index in [1.54, 1.807) is 23.4 Å². The number of carbonyl (C=O) groups is 1. The average Bonchev–Trinajstić information content (AvgIpc) is 3.08. The van der Waals surface area contributed by atoms with Crippen LogP contribution in [0.4, 0.5) is 4.39 Å². The van der Waals surface area contributed by atoms with Crippen molar-refractivity contribution in [2.75, 3.05) is 39.4 Å². The first-order valence-corrected chi connectivity index (χ1v) is 10.4. The third-order valence-electron chi connectivity index (χ3n) is 5.90. The van der Waals surface area contributed by atoms with Crippen molar-refractivity contribution in [1.82, 2.24) is 14.8 Å². The highest BCUT2D eigenvalue weighted by Gasteiger charge is 2.42. The summed E-state index contributed by atoms with van der Waals surface area (Å²) in [5.74, 6) is -0.817. The van der Waals surface area contributed by atoms with Gasteiger partial charge in [-0.15, -0.1) is 0 Å². The second-order valence-corrected chi connectivity index (χ2v) is 7.81. The summed E-state index contributed by atoms with van der Waals surface area (Å²) in [6.45, 7) is 4.47. The molecular weight excluding hydrogens is 401 g/mol. The van der Waals surface area contributed by atoms with Gasteiger partial charge in [-0.2, -0.15) is 0 Å². The largest absolute Gasteiger partial charge is 0.450 e. The molecule has 2 aliphatic heterocycles. The Hall–Kier alpha value is -3.10. The Balaban J connectivity index is 1.52. The maximum Gasteiger partial charge on any atom is 0.290 e. The van der Waals surface area contributed by atoms with Crippen LogP contribution in [0.3, 0.4) is 0 Å². The number of hydrogen-bond acceptors (Lipinski definition) is 6. The molecule has 0 N–H and O–H groups in total. The van der Waals surface area contributed by atoms with Crippen LogP contribution in [-0.4, -0.2) is 60.1 Å². The molecule has 0 bridgehead atoms. The third kappa shape index (κ3) is 3.62. The molecule has 2 aromatic heterocycles. The number of fused-ring (bicyclic) bond motifs is 2. The number of rotatable bonds is 5. The highest BCUT2D eigenvalue weighted by molar-refractivity contribution is 5.99. The molecule has 1 atom stereocenters. The van der Waals surface area contributed by atoms with Gasteiger partial charge in [-0.3, -0.25) is 19.5 Å². The number of morpholine rings is 1. The lowest BCUT2D eigenvalue weighted by Gasteiger charge is -2.29. The molecule has 0 spiro atoms. The zero-order valence-corrected chi connectivity index (χ0v) is 16.9. The molecule has 1 amide bonds. The SMILES string of the molecule is O=C1c2oc3ccc(F)cc3c(=O)c2[C@@H](c2cccnc2)N1CCCN1CCOCC1. The number of carbonyl (C=O) groups excluding carboxylic acids is 1. The van der Waals surface area contributed by atoms with Gasteiger partial charge in [0.15, 0.2) is 5.43 Å². The van der Waals surface area contributed by atoms with E-state index in [0.717, 1.165) is 37.7 Å². The molecule has 160 valence electrons. The zero-order chi connectivity index (χ0) is 21.4. The first kappa shape index (κ1) is 19.8. The van der Waals surface area contributed by atoms with Crippen LogP contribution < -0.4 is 5.43 Å². The maximum absolute atomic E-state index is 13.8. The fraction of sp³-hybridized carbons (Fsp3) is 0.348. The smallest absolute Gasteiger partial charge is 0.290 e. The maximum atomic E-state index is 13.8. The summed E-state index contributed by atoms with van der Waals surface area (Å²) in [5, 5.41) is 0.135. The van der Waals surface area contributed by atoms with Crippen molar-refractivity contribution in [2.24, 2.45) is 0 Å². The minimum atomic E-state index is -0.607. The molecule has 1 aromatic carbocycles. The topological polar surface area (TPSA) is 75.9 Å². The van der Waals surface area contributed by atoms with E-state index in [1.165, 1.54) is 12.1 Å². The predicted octanol–water partition coefficient (Wildman–Crippen LogP) is 2.59. The Kier molecular flexibility index (Phi) is 5.25. The summed E-state index contributed by atoms with van der Waals surface area (Å²) in [4.78, 5) is 34.8. The Morgan fingerprint density at radius 3 is 2.74 bits per heavy atom. The van der Waals surface area contributed by atoms with Crippen LogP contribution in [-0.2, 0) is 4.74 Å². The molecular formula is C23H22FN3O4. The van der Waals surface area contributed by atoms with E-state index in [-0.39, 0.29) is 33.6 Å². The standard InChI is InChI=1S/C23H22FN3O4/c24-16-4-5-18-17(13-16)21(28)19-20(15-3-1-6-25-14-15)27(23(29)22(19)31-18)8-2-7-26-9-11-30-12-10-26/h1,3-6,13-14,20H,2,7-12H2/t20-/m1/s1. The van der Waals surface area contributed by atoms with Crippen molar-refractivity contribution >= 4 is 16.9 Å². The molecule has 3 aromatic rings. The van der Waals surface area contributed by atoms with Crippen LogP contribution in [0.5, 0.6) is 0 Å². The Morgan fingerprint density at radius 1 is 1.13 bits per heavy atom. The number of hydrogen-bond donors (Lipinski definition) is 0. The van der Waals surface area contributed by atoms with Crippen molar-refractivity contribution in [1.29, 1.82) is 0 Å². The molecule has 31 heavy (non-hydrogen) atoms. The molecule has 5 rings (SSSR count). The van der Waals surface area contributed by atoms with Crippen LogP contribution in [0.1, 0.15) is 34.1 Å². The average molecular weight is 423 g/mol. The van der Waals surface area contributed by atoms with Crippen molar-refractivity contribution in [3.63, 3.8) is 0 Å². The van der Waals surface area contributed by atoms with Crippen LogP contribution in [0, 0.1) is 5.82 Å². The van der Waals surface area contributed by atoms with E-state index >= 15 is 0 Å². The number of pyridine rings is 1. The molecule has 0 unspecified atom stereocenters. The molecule has 2 aliphatic rings. The highest BCUT2D eigenvalue weighted by Crippen LogP contribution is 2.37. The van der Waals surface area contributed by atoms with Gasteiger partial charge in [0.25, 0.3) is 5.91 Å². The van der Waals surface area contributed by atoms with Crippen molar-refractivity contribution in [2.45, 2.75) is 12.5 Å². The first-order chi connectivity index (χ1) is 15.1. The van der Waals surface area contributed by atoms with E-state index in [0.29, 0.717) is 19.8 Å². The van der Waals surface area contributed by atoms with Gasteiger partial charge in [-0.1, -0.05) is 6.07 Å². The molecule has 0 radical (unpaired) electrons. The van der Waals surface area contributed by atoms with Gasteiger partial charge in [-0.25, -0.2) is 4.39 Å². The quantitative estimate of drug-likeness (QED) is 0.628. The van der Waals surface area contributed by atoms with Gasteiger partial charge in [-0.05, 0) is 36.2 Å². The van der Waals surface area contributed by atoms with Crippen LogP contribution >= 0.6 is 0 Å². The molecule has 7 nitrogen and oxygen atoms in total. The van der Waals surface area contributed by atoms with Gasteiger partial charge in [0.1, 0.15) is 11.4 Å². The number of halogens is 1. The minimum absolute atomic E-state index is 0.0318. The molecule has 4 heterocycles. The van der Waals surface area contributed by atoms with E-state index in [9.17, 15) is 14.0 Å². The van der Waals surface area contributed by atoms with Gasteiger partial charge in [0, 0.05) is 38.6 Å². The Bertz CT molecular complexity index is 1170. The lowest BCUT2D eigenvalue weighted by Crippen LogP contribution is -2.38. The first-order valence-electron chi connectivity index (χ1n) is 10.4. The summed E-state index contributed by atoms with van der Waals surface area (Å²) >= 11 is 0. The van der Waals surface area contributed by atoms with Gasteiger partial charge >= 0.3 is 0 Å². The lowest BCUT2D eigenvalue weighted by atomic mass is 10.00. The number of nitrogens with zero attached hydrogens (tertiary/aromatic N) is 3. The fourth-order valence-electron chi connectivity index (χ4n) is 4.40. The number of ether oxygens (including phenoxy) is 1. The fourth-order valence-corrected chi connectivity index (χ4v) is 4.40. The van der Waals surface area contributed by atoms with Gasteiger partial charge in [0.05, 0.1) is 30.2 Å². The molecule has 8 heteroatoms. The van der Waals surface area contributed by atoms with Crippen LogP contribution in [0.15, 0.2) is 51.9 Å². The molecule has 1 fully saturated rings. The summed E-state index contributed by atoms with van der Waals surface area (Å²) in [5.41, 5.74) is 0.804. The highest BCUT2D eigenvalue weighted by atomic mass is 19.1. The summed E-state index contributed by atoms with van der Waals surface area (Å²) in [7, 11) is 0. The summed E-state index contributed by atoms with van der Waals surface area (Å²) in [6.07, 6.45) is 4.04. The van der Waals surface area contributed by atoms with Crippen LogP contribution in [0.2, 0.25) is 0 Å². The Morgan fingerprint density at radius 2 is 1.97 bits per heavy atom. The van der Waals surface area contributed by atoms with E-state index < -0.39 is 11.9 Å². The van der Waals surface area contributed by atoms with Crippen LogP contribution in [0.25, 0.3) is 11.0 Å². The third-order valence-corrected chi connectivity index (χ3v) is 5.90. The molecule has 0 aliphatic carbocycles. The van der Waals surface area contributed by atoms with Gasteiger partial charge < -0.3 is 14.1 Å². The summed E-state index contributed by atoms with van der Waals surface area (Å²) in [6, 6.07) is 6.77. The monoisotopic (exact) mass is 423 g/mol. The molecule has 1 saturated heterocycles. The normalized spacial score (nSPS) is 19.2. The van der Waals surface area contributed by atoms with Crippen molar-refractivity contribution < 1.29 is 18.3 Å². The number of aromatic nitrogens is 1. The van der Waals surface area contributed by atoms with Crippen molar-refractivity contribution in [3.05, 3.63) is 75.7 Å². The van der Waals surface area contributed by atoms with E-state index in [4.69, 9.17) is 9.15 Å². The van der Waals surface area contributed by atoms with E-state index in [1.807, 2.05) is 6.07 Å². The minimum Gasteiger partial charge on any atom is -0.450 e. The second-order valence-electron chi connectivity index (χ2n) is 7.81. The Labute approximate surface area is 178 Å². The second kappa shape index (κ2) is 8.20. The summed E-state index contributed by atoms with van der Waals surface area (Å²) < 4.78 is 25.0. The lowest BCUT2D eigenvalue weighted by molar-refractivity contribution is 0.0353.